The molecule has 0 saturated heterocycles. The number of amides is 2. The van der Waals surface area contributed by atoms with Gasteiger partial charge in [-0.15, -0.1) is 0 Å². The summed E-state index contributed by atoms with van der Waals surface area (Å²) in [7, 11) is 0. The van der Waals surface area contributed by atoms with Gasteiger partial charge in [0.05, 0.1) is 10.7 Å². The number of rotatable bonds is 3. The Kier molecular flexibility index (Phi) is 4.29. The van der Waals surface area contributed by atoms with E-state index in [9.17, 15) is 4.79 Å². The van der Waals surface area contributed by atoms with Crippen LogP contribution < -0.4 is 20.1 Å². The second-order valence-corrected chi connectivity index (χ2v) is 5.74. The SMILES string of the molecule is CC(C)n1ccc(NC(=O)Nc2cc3c(cc2Cl)OCCO3)n1. The third-order valence-electron chi connectivity index (χ3n) is 3.26. The molecule has 0 unspecified atom stereocenters. The maximum atomic E-state index is 12.1. The number of carbonyl (C=O) groups is 1. The predicted octanol–water partition coefficient (Wildman–Crippen LogP) is 3.53. The van der Waals surface area contributed by atoms with E-state index >= 15 is 0 Å². The van der Waals surface area contributed by atoms with Crippen molar-refractivity contribution in [2.24, 2.45) is 0 Å². The number of fused-ring (bicyclic) bond motifs is 1. The third kappa shape index (κ3) is 3.50. The highest BCUT2D eigenvalue weighted by atomic mass is 35.5. The van der Waals surface area contributed by atoms with Crippen molar-refractivity contribution < 1.29 is 14.3 Å². The van der Waals surface area contributed by atoms with Gasteiger partial charge in [0.15, 0.2) is 17.3 Å². The Labute approximate surface area is 138 Å². The largest absolute Gasteiger partial charge is 0.486 e. The van der Waals surface area contributed by atoms with Gasteiger partial charge in [-0.2, -0.15) is 5.10 Å². The number of urea groups is 1. The van der Waals surface area contributed by atoms with Crippen molar-refractivity contribution in [1.29, 1.82) is 0 Å². The Hall–Kier alpha value is -2.41. The van der Waals surface area contributed by atoms with Crippen LogP contribution in [0.3, 0.4) is 0 Å². The molecule has 2 heterocycles. The lowest BCUT2D eigenvalue weighted by Crippen LogP contribution is -2.21. The molecule has 0 atom stereocenters. The molecule has 8 heteroatoms. The van der Waals surface area contributed by atoms with Gasteiger partial charge in [-0.1, -0.05) is 11.6 Å². The van der Waals surface area contributed by atoms with E-state index in [1.54, 1.807) is 29.1 Å². The first-order chi connectivity index (χ1) is 11.0. The van der Waals surface area contributed by atoms with Crippen molar-refractivity contribution in [2.75, 3.05) is 23.8 Å². The monoisotopic (exact) mass is 336 g/mol. The lowest BCUT2D eigenvalue weighted by atomic mass is 10.2. The second-order valence-electron chi connectivity index (χ2n) is 5.33. The van der Waals surface area contributed by atoms with E-state index in [0.717, 1.165) is 0 Å². The zero-order valence-electron chi connectivity index (χ0n) is 12.8. The molecule has 0 saturated carbocycles. The van der Waals surface area contributed by atoms with Crippen LogP contribution >= 0.6 is 11.6 Å². The van der Waals surface area contributed by atoms with Gasteiger partial charge in [-0.3, -0.25) is 10.00 Å². The van der Waals surface area contributed by atoms with E-state index in [4.69, 9.17) is 21.1 Å². The number of benzene rings is 1. The quantitative estimate of drug-likeness (QED) is 0.898. The average molecular weight is 337 g/mol. The molecule has 0 spiro atoms. The number of nitrogens with zero attached hydrogens (tertiary/aromatic N) is 2. The number of halogens is 1. The summed E-state index contributed by atoms with van der Waals surface area (Å²) in [4.78, 5) is 12.1. The molecular formula is C15H17ClN4O3. The predicted molar refractivity (Wildman–Crippen MR) is 87.7 cm³/mol. The molecule has 0 radical (unpaired) electrons. The first-order valence-corrected chi connectivity index (χ1v) is 7.63. The number of anilines is 2. The van der Waals surface area contributed by atoms with Crippen LogP contribution in [-0.4, -0.2) is 29.0 Å². The summed E-state index contributed by atoms with van der Waals surface area (Å²) < 4.78 is 12.7. The van der Waals surface area contributed by atoms with Crippen LogP contribution in [0.25, 0.3) is 0 Å². The number of hydrogen-bond donors (Lipinski definition) is 2. The fraction of sp³-hybridized carbons (Fsp3) is 0.333. The fourth-order valence-corrected chi connectivity index (χ4v) is 2.32. The highest BCUT2D eigenvalue weighted by Crippen LogP contribution is 2.37. The average Bonchev–Trinajstić information content (AvgIpc) is 2.96. The number of aromatic nitrogens is 2. The van der Waals surface area contributed by atoms with Crippen LogP contribution in [0.15, 0.2) is 24.4 Å². The number of hydrogen-bond acceptors (Lipinski definition) is 4. The summed E-state index contributed by atoms with van der Waals surface area (Å²) in [5, 5.41) is 9.96. The maximum Gasteiger partial charge on any atom is 0.324 e. The van der Waals surface area contributed by atoms with Gasteiger partial charge >= 0.3 is 6.03 Å². The van der Waals surface area contributed by atoms with E-state index in [0.29, 0.717) is 41.2 Å². The highest BCUT2D eigenvalue weighted by Gasteiger charge is 2.16. The van der Waals surface area contributed by atoms with Gasteiger partial charge in [0.1, 0.15) is 13.2 Å². The molecule has 23 heavy (non-hydrogen) atoms. The van der Waals surface area contributed by atoms with Crippen molar-refractivity contribution in [3.05, 3.63) is 29.4 Å². The van der Waals surface area contributed by atoms with Gasteiger partial charge in [0, 0.05) is 30.4 Å². The topological polar surface area (TPSA) is 77.4 Å². The van der Waals surface area contributed by atoms with Gasteiger partial charge in [-0.25, -0.2) is 4.79 Å². The molecule has 7 nitrogen and oxygen atoms in total. The molecule has 2 N–H and O–H groups in total. The zero-order chi connectivity index (χ0) is 16.4. The van der Waals surface area contributed by atoms with Crippen LogP contribution in [0, 0.1) is 0 Å². The molecule has 1 aromatic heterocycles. The van der Waals surface area contributed by atoms with Gasteiger partial charge in [-0.05, 0) is 13.8 Å². The molecule has 0 fully saturated rings. The maximum absolute atomic E-state index is 12.1. The Balaban J connectivity index is 1.69. The minimum absolute atomic E-state index is 0.223. The minimum Gasteiger partial charge on any atom is -0.486 e. The smallest absolute Gasteiger partial charge is 0.324 e. The van der Waals surface area contributed by atoms with E-state index in [-0.39, 0.29) is 6.04 Å². The van der Waals surface area contributed by atoms with Crippen molar-refractivity contribution >= 4 is 29.1 Å². The lowest BCUT2D eigenvalue weighted by molar-refractivity contribution is 0.171. The number of carbonyl (C=O) groups excluding carboxylic acids is 1. The first kappa shape index (κ1) is 15.5. The molecule has 1 aliphatic heterocycles. The highest BCUT2D eigenvalue weighted by molar-refractivity contribution is 6.34. The van der Waals surface area contributed by atoms with Gasteiger partial charge < -0.3 is 14.8 Å². The normalized spacial score (nSPS) is 13.0. The summed E-state index contributed by atoms with van der Waals surface area (Å²) in [5.74, 6) is 1.59. The second kappa shape index (κ2) is 6.37. The summed E-state index contributed by atoms with van der Waals surface area (Å²) in [5.41, 5.74) is 0.441. The third-order valence-corrected chi connectivity index (χ3v) is 3.57. The molecule has 1 aliphatic rings. The van der Waals surface area contributed by atoms with Crippen LogP contribution in [0.4, 0.5) is 16.3 Å². The number of nitrogens with one attached hydrogen (secondary N) is 2. The molecule has 2 aromatic rings. The fourth-order valence-electron chi connectivity index (χ4n) is 2.12. The number of ether oxygens (including phenoxy) is 2. The molecule has 0 aliphatic carbocycles. The summed E-state index contributed by atoms with van der Waals surface area (Å²) in [6.45, 7) is 4.96. The molecular weight excluding hydrogens is 320 g/mol. The van der Waals surface area contributed by atoms with E-state index in [1.165, 1.54) is 0 Å². The van der Waals surface area contributed by atoms with Crippen LogP contribution in [0.2, 0.25) is 5.02 Å². The Morgan fingerprint density at radius 2 is 1.96 bits per heavy atom. The van der Waals surface area contributed by atoms with Crippen LogP contribution in [0.5, 0.6) is 11.5 Å². The van der Waals surface area contributed by atoms with Crippen molar-refractivity contribution in [2.45, 2.75) is 19.9 Å². The Bertz CT molecular complexity index is 730. The van der Waals surface area contributed by atoms with Crippen molar-refractivity contribution in [3.8, 4) is 11.5 Å². The van der Waals surface area contributed by atoms with E-state index in [1.807, 2.05) is 13.8 Å². The molecule has 2 amide bonds. The first-order valence-electron chi connectivity index (χ1n) is 7.25. The van der Waals surface area contributed by atoms with Crippen molar-refractivity contribution in [3.63, 3.8) is 0 Å². The molecule has 122 valence electrons. The minimum atomic E-state index is -0.433. The standard InChI is InChI=1S/C15H17ClN4O3/c1-9(2)20-4-3-14(19-20)18-15(21)17-11-8-13-12(7-10(11)16)22-5-6-23-13/h3-4,7-9H,5-6H2,1-2H3,(H2,17,18,19,21). The van der Waals surface area contributed by atoms with Gasteiger partial charge in [0.25, 0.3) is 0 Å². The van der Waals surface area contributed by atoms with E-state index in [2.05, 4.69) is 15.7 Å². The Morgan fingerprint density at radius 1 is 1.26 bits per heavy atom. The Morgan fingerprint density at radius 3 is 2.61 bits per heavy atom. The van der Waals surface area contributed by atoms with Crippen LogP contribution in [-0.2, 0) is 0 Å². The summed E-state index contributed by atoms with van der Waals surface area (Å²) in [6.07, 6.45) is 1.80. The van der Waals surface area contributed by atoms with Crippen molar-refractivity contribution in [1.82, 2.24) is 9.78 Å². The summed E-state index contributed by atoms with van der Waals surface area (Å²) >= 11 is 6.16. The van der Waals surface area contributed by atoms with E-state index < -0.39 is 6.03 Å². The lowest BCUT2D eigenvalue weighted by Gasteiger charge is -2.20. The molecule has 1 aromatic carbocycles. The summed E-state index contributed by atoms with van der Waals surface area (Å²) in [6, 6.07) is 4.78. The van der Waals surface area contributed by atoms with Gasteiger partial charge in [0.2, 0.25) is 0 Å². The molecule has 0 bridgehead atoms. The zero-order valence-corrected chi connectivity index (χ0v) is 13.6. The van der Waals surface area contributed by atoms with Crippen LogP contribution in [0.1, 0.15) is 19.9 Å². The molecule has 3 rings (SSSR count).